The summed E-state index contributed by atoms with van der Waals surface area (Å²) in [5, 5.41) is 9.88. The van der Waals surface area contributed by atoms with Crippen molar-refractivity contribution in [3.05, 3.63) is 82.8 Å². The van der Waals surface area contributed by atoms with Crippen molar-refractivity contribution in [2.75, 3.05) is 0 Å². The third-order valence-corrected chi connectivity index (χ3v) is 6.56. The number of carboxylic acid groups (broad SMARTS) is 1. The number of hydrogen-bond acceptors (Lipinski definition) is 3. The van der Waals surface area contributed by atoms with Crippen LogP contribution in [0.15, 0.2) is 54.2 Å². The van der Waals surface area contributed by atoms with E-state index in [1.165, 1.54) is 24.6 Å². The maximum Gasteiger partial charge on any atom is 0.352 e. The molecule has 0 atom stereocenters. The topological polar surface area (TPSA) is 58.4 Å². The molecule has 2 aliphatic rings. The van der Waals surface area contributed by atoms with Crippen LogP contribution in [0.1, 0.15) is 55.1 Å². The zero-order valence-electron chi connectivity index (χ0n) is 18.2. The van der Waals surface area contributed by atoms with Crippen LogP contribution in [0.5, 0.6) is 0 Å². The van der Waals surface area contributed by atoms with Gasteiger partial charge in [-0.3, -0.25) is 0 Å². The molecule has 33 heavy (non-hydrogen) atoms. The summed E-state index contributed by atoms with van der Waals surface area (Å²) in [6, 6.07) is 12.8. The molecule has 7 heteroatoms. The van der Waals surface area contributed by atoms with Crippen LogP contribution in [0, 0.1) is 11.6 Å². The van der Waals surface area contributed by atoms with Crippen molar-refractivity contribution < 1.29 is 18.7 Å². The minimum absolute atomic E-state index is 0.125. The lowest BCUT2D eigenvalue weighted by molar-refractivity contribution is -0.134. The van der Waals surface area contributed by atoms with Gasteiger partial charge in [0.1, 0.15) is 23.2 Å². The summed E-state index contributed by atoms with van der Waals surface area (Å²) >= 11 is 0. The molecule has 3 aromatic rings. The van der Waals surface area contributed by atoms with Gasteiger partial charge in [-0.2, -0.15) is 0 Å². The molecule has 170 valence electrons. The Balaban J connectivity index is 1.61. The normalized spacial score (nSPS) is 16.4. The summed E-state index contributed by atoms with van der Waals surface area (Å²) in [5.74, 6) is -1.18. The first-order chi connectivity index (χ1) is 16.0. The second-order valence-corrected chi connectivity index (χ2v) is 8.73. The second-order valence-electron chi connectivity index (χ2n) is 8.73. The summed E-state index contributed by atoms with van der Waals surface area (Å²) in [6.07, 6.45) is 6.93. The molecule has 1 aromatic heterocycles. The minimum atomic E-state index is -1.05. The zero-order chi connectivity index (χ0) is 22.9. The number of imidazole rings is 1. The first kappa shape index (κ1) is 21.4. The van der Waals surface area contributed by atoms with E-state index in [0.717, 1.165) is 36.9 Å². The van der Waals surface area contributed by atoms with Crippen molar-refractivity contribution in [1.29, 1.82) is 0 Å². The summed E-state index contributed by atoms with van der Waals surface area (Å²) in [4.78, 5) is 18.6. The summed E-state index contributed by atoms with van der Waals surface area (Å²) in [5.41, 5.74) is 2.83. The van der Waals surface area contributed by atoms with Crippen molar-refractivity contribution in [3.8, 4) is 11.4 Å². The fraction of sp³-hybridized carbons (Fsp3) is 0.308. The van der Waals surface area contributed by atoms with Gasteiger partial charge in [-0.15, -0.1) is 0 Å². The molecule has 0 amide bonds. The van der Waals surface area contributed by atoms with E-state index in [1.54, 1.807) is 41.3 Å². The maximum absolute atomic E-state index is 14.8. The highest BCUT2D eigenvalue weighted by atomic mass is 19.1. The lowest BCUT2D eigenvalue weighted by Crippen LogP contribution is -2.31. The number of fused-ring (bicyclic) bond motifs is 1. The van der Waals surface area contributed by atoms with E-state index in [-0.39, 0.29) is 23.4 Å². The molecule has 0 spiro atoms. The van der Waals surface area contributed by atoms with E-state index in [0.29, 0.717) is 30.2 Å². The van der Waals surface area contributed by atoms with Crippen LogP contribution >= 0.6 is 0 Å². The van der Waals surface area contributed by atoms with E-state index in [4.69, 9.17) is 4.98 Å². The van der Waals surface area contributed by atoms with E-state index in [9.17, 15) is 18.7 Å². The van der Waals surface area contributed by atoms with Gasteiger partial charge in [0.15, 0.2) is 0 Å². The number of carboxylic acids is 1. The van der Waals surface area contributed by atoms with Crippen LogP contribution in [0.3, 0.4) is 0 Å². The fourth-order valence-corrected chi connectivity index (χ4v) is 4.96. The largest absolute Gasteiger partial charge is 0.477 e. The molecule has 5 nitrogen and oxygen atoms in total. The Bertz CT molecular complexity index is 1210. The monoisotopic (exact) mass is 449 g/mol. The summed E-state index contributed by atoms with van der Waals surface area (Å²) in [6.45, 7) is 0.658. The molecule has 0 radical (unpaired) electrons. The van der Waals surface area contributed by atoms with Crippen molar-refractivity contribution in [1.82, 2.24) is 14.5 Å². The van der Waals surface area contributed by atoms with Gasteiger partial charge in [-0.05, 0) is 48.7 Å². The molecular formula is C26H25F2N3O2. The number of halogens is 2. The van der Waals surface area contributed by atoms with Gasteiger partial charge in [-0.25, -0.2) is 18.6 Å². The molecule has 1 saturated carbocycles. The van der Waals surface area contributed by atoms with Gasteiger partial charge in [0.05, 0.1) is 23.5 Å². The summed E-state index contributed by atoms with van der Waals surface area (Å²) in [7, 11) is 0. The van der Waals surface area contributed by atoms with E-state index >= 15 is 0 Å². The number of carbonyl (C=O) groups is 1. The molecule has 1 fully saturated rings. The van der Waals surface area contributed by atoms with Crippen LogP contribution in [-0.4, -0.2) is 25.5 Å². The molecule has 2 aromatic carbocycles. The standard InChI is InChI=1S/C26H25F2N3O2/c27-18-12-10-17(11-13-18)15-30-16-24-22(14-23(30)26(32)33)29-25(20-8-4-5-9-21(20)28)31(24)19-6-2-1-3-7-19/h4-5,8-14,19H,1-3,6-7,15-16H2,(H,32,33). The Morgan fingerprint density at radius 1 is 1.03 bits per heavy atom. The van der Waals surface area contributed by atoms with E-state index in [2.05, 4.69) is 4.57 Å². The number of aliphatic carboxylic acids is 1. The highest BCUT2D eigenvalue weighted by molar-refractivity contribution is 5.92. The number of nitrogens with zero attached hydrogens (tertiary/aromatic N) is 3. The highest BCUT2D eigenvalue weighted by Gasteiger charge is 2.32. The van der Waals surface area contributed by atoms with Gasteiger partial charge in [-0.1, -0.05) is 43.5 Å². The van der Waals surface area contributed by atoms with E-state index < -0.39 is 5.97 Å². The number of benzene rings is 2. The van der Waals surface area contributed by atoms with Crippen LogP contribution in [0.4, 0.5) is 8.78 Å². The number of rotatable bonds is 5. The lowest BCUT2D eigenvalue weighted by Gasteiger charge is -2.32. The molecule has 0 unspecified atom stereocenters. The van der Waals surface area contributed by atoms with Crippen LogP contribution in [-0.2, 0) is 17.9 Å². The fourth-order valence-electron chi connectivity index (χ4n) is 4.96. The lowest BCUT2D eigenvalue weighted by atomic mass is 9.94. The minimum Gasteiger partial charge on any atom is -0.477 e. The van der Waals surface area contributed by atoms with Gasteiger partial charge < -0.3 is 14.6 Å². The van der Waals surface area contributed by atoms with Crippen LogP contribution in [0.25, 0.3) is 17.5 Å². The van der Waals surface area contributed by atoms with Gasteiger partial charge >= 0.3 is 5.97 Å². The Morgan fingerprint density at radius 3 is 2.45 bits per heavy atom. The average molecular weight is 450 g/mol. The van der Waals surface area contributed by atoms with Crippen molar-refractivity contribution >= 4 is 12.0 Å². The predicted molar refractivity (Wildman–Crippen MR) is 121 cm³/mol. The molecule has 0 bridgehead atoms. The molecular weight excluding hydrogens is 424 g/mol. The van der Waals surface area contributed by atoms with Gasteiger partial charge in [0.25, 0.3) is 0 Å². The Labute approximate surface area is 191 Å². The number of aromatic nitrogens is 2. The first-order valence-electron chi connectivity index (χ1n) is 11.3. The first-order valence-corrected chi connectivity index (χ1v) is 11.3. The number of hydrogen-bond donors (Lipinski definition) is 1. The Kier molecular flexibility index (Phi) is 5.70. The Morgan fingerprint density at radius 2 is 1.76 bits per heavy atom. The zero-order valence-corrected chi connectivity index (χ0v) is 18.2. The second kappa shape index (κ2) is 8.81. The Hall–Kier alpha value is -3.48. The van der Waals surface area contributed by atoms with Gasteiger partial charge in [0.2, 0.25) is 0 Å². The maximum atomic E-state index is 14.8. The highest BCUT2D eigenvalue weighted by Crippen LogP contribution is 2.38. The van der Waals surface area contributed by atoms with Gasteiger partial charge in [0, 0.05) is 12.6 Å². The smallest absolute Gasteiger partial charge is 0.352 e. The SMILES string of the molecule is O=C(O)C1=Cc2nc(-c3ccccc3F)n(C3CCCCC3)c2CN1Cc1ccc(F)cc1. The third kappa shape index (κ3) is 4.15. The average Bonchev–Trinajstić information content (AvgIpc) is 3.19. The molecule has 1 aliphatic carbocycles. The summed E-state index contributed by atoms with van der Waals surface area (Å²) < 4.78 is 30.3. The quantitative estimate of drug-likeness (QED) is 0.537. The van der Waals surface area contributed by atoms with Crippen molar-refractivity contribution in [2.45, 2.75) is 51.2 Å². The molecule has 0 saturated heterocycles. The predicted octanol–water partition coefficient (Wildman–Crippen LogP) is 5.77. The molecule has 1 N–H and O–H groups in total. The molecule has 5 rings (SSSR count). The van der Waals surface area contributed by atoms with E-state index in [1.807, 2.05) is 0 Å². The third-order valence-electron chi connectivity index (χ3n) is 6.56. The van der Waals surface area contributed by atoms with Crippen molar-refractivity contribution in [3.63, 3.8) is 0 Å². The van der Waals surface area contributed by atoms with Crippen LogP contribution in [0.2, 0.25) is 0 Å². The molecule has 2 heterocycles. The van der Waals surface area contributed by atoms with Crippen molar-refractivity contribution in [2.24, 2.45) is 0 Å². The van der Waals surface area contributed by atoms with Crippen LogP contribution < -0.4 is 0 Å². The molecule has 1 aliphatic heterocycles.